The van der Waals surface area contributed by atoms with Crippen LogP contribution in [0.4, 0.5) is 8.78 Å². The average Bonchev–Trinajstić information content (AvgIpc) is 2.49. The molecule has 20 heavy (non-hydrogen) atoms. The van der Waals surface area contributed by atoms with E-state index >= 15 is 0 Å². The Bertz CT molecular complexity index is 464. The summed E-state index contributed by atoms with van der Waals surface area (Å²) in [5, 5.41) is -1.17. The molecule has 1 aromatic rings. The van der Waals surface area contributed by atoms with E-state index in [1.165, 1.54) is 0 Å². The van der Waals surface area contributed by atoms with Crippen LogP contribution in [0.5, 0.6) is 0 Å². The lowest BCUT2D eigenvalue weighted by atomic mass is 10.1. The summed E-state index contributed by atoms with van der Waals surface area (Å²) >= 11 is 4.08. The van der Waals surface area contributed by atoms with Crippen molar-refractivity contribution < 1.29 is 8.78 Å². The molecule has 0 spiro atoms. The van der Waals surface area contributed by atoms with Gasteiger partial charge in [-0.25, -0.2) is 0 Å². The molecule has 0 bridgehead atoms. The van der Waals surface area contributed by atoms with Gasteiger partial charge >= 0.3 is 5.92 Å². The van der Waals surface area contributed by atoms with Crippen LogP contribution in [-0.4, -0.2) is 14.0 Å². The highest BCUT2D eigenvalue weighted by Crippen LogP contribution is 2.36. The quantitative estimate of drug-likeness (QED) is 0.423. The third-order valence-corrected chi connectivity index (χ3v) is 9.32. The van der Waals surface area contributed by atoms with Gasteiger partial charge in [0.15, 0.2) is 0 Å². The molecule has 0 saturated heterocycles. The van der Waals surface area contributed by atoms with E-state index < -0.39 is 19.2 Å². The van der Waals surface area contributed by atoms with E-state index in [-0.39, 0.29) is 0 Å². The van der Waals surface area contributed by atoms with Gasteiger partial charge in [0.05, 0.1) is 0 Å². The van der Waals surface area contributed by atoms with Crippen molar-refractivity contribution in [2.75, 3.05) is 0 Å². The maximum absolute atomic E-state index is 14.2. The Morgan fingerprint density at radius 2 is 1.60 bits per heavy atom. The Balaban J connectivity index is 3.01. The number of halogens is 2. The van der Waals surface area contributed by atoms with Crippen molar-refractivity contribution in [3.63, 3.8) is 0 Å². The van der Waals surface area contributed by atoms with Crippen LogP contribution in [0.25, 0.3) is 0 Å². The Kier molecular flexibility index (Phi) is 6.28. The molecule has 0 aliphatic heterocycles. The van der Waals surface area contributed by atoms with Crippen LogP contribution in [0.3, 0.4) is 0 Å². The molecule has 1 atom stereocenters. The van der Waals surface area contributed by atoms with E-state index in [1.54, 1.807) is 30.3 Å². The number of hydrogen-bond acceptors (Lipinski definition) is 1. The third kappa shape index (κ3) is 4.10. The van der Waals surface area contributed by atoms with Crippen LogP contribution >= 0.6 is 12.6 Å². The second kappa shape index (κ2) is 7.28. The van der Waals surface area contributed by atoms with E-state index in [0.29, 0.717) is 5.56 Å². The molecule has 1 rings (SSSR count). The Labute approximate surface area is 127 Å². The van der Waals surface area contributed by atoms with Crippen molar-refractivity contribution in [1.82, 2.24) is 0 Å². The highest BCUT2D eigenvalue weighted by Gasteiger charge is 2.37. The van der Waals surface area contributed by atoms with E-state index in [0.717, 1.165) is 18.1 Å². The summed E-state index contributed by atoms with van der Waals surface area (Å²) in [7, 11) is -1.85. The van der Waals surface area contributed by atoms with E-state index in [4.69, 9.17) is 0 Å². The van der Waals surface area contributed by atoms with Crippen LogP contribution in [-0.2, 0) is 0 Å². The van der Waals surface area contributed by atoms with Gasteiger partial charge < -0.3 is 0 Å². The van der Waals surface area contributed by atoms with Gasteiger partial charge in [-0.05, 0) is 29.6 Å². The molecule has 0 aliphatic rings. The molecule has 1 unspecified atom stereocenters. The zero-order valence-electron chi connectivity index (χ0n) is 12.3. The summed E-state index contributed by atoms with van der Waals surface area (Å²) in [4.78, 5) is 0. The molecule has 0 N–H and O–H groups in total. The standard InChI is InChI=1S/C16H22F2SSi/c1-4-20(5-2,6-3)13-12-16(17,18)15(19)14-10-8-7-9-11-14/h7-11,15,19H,4-6H2,1-3H3. The molecule has 4 heteroatoms. The molecule has 0 fully saturated rings. The van der Waals surface area contributed by atoms with E-state index in [2.05, 4.69) is 44.9 Å². The molecule has 0 heterocycles. The summed E-state index contributed by atoms with van der Waals surface area (Å²) in [6.45, 7) is 6.17. The smallest absolute Gasteiger partial charge is 0.190 e. The molecule has 0 nitrogen and oxygen atoms in total. The Hall–Kier alpha value is -0.793. The monoisotopic (exact) mass is 312 g/mol. The van der Waals surface area contributed by atoms with Gasteiger partial charge in [-0.2, -0.15) is 21.4 Å². The minimum absolute atomic E-state index is 0.506. The van der Waals surface area contributed by atoms with E-state index in [1.807, 2.05) is 0 Å². The molecular weight excluding hydrogens is 290 g/mol. The molecule has 110 valence electrons. The Morgan fingerprint density at radius 1 is 1.10 bits per heavy atom. The first-order chi connectivity index (χ1) is 9.40. The lowest BCUT2D eigenvalue weighted by Gasteiger charge is -2.22. The van der Waals surface area contributed by atoms with Gasteiger partial charge in [-0.3, -0.25) is 0 Å². The van der Waals surface area contributed by atoms with Gasteiger partial charge in [-0.15, -0.1) is 5.54 Å². The minimum Gasteiger partial charge on any atom is -0.190 e. The van der Waals surface area contributed by atoms with Crippen molar-refractivity contribution in [3.05, 3.63) is 35.9 Å². The molecule has 0 radical (unpaired) electrons. The summed E-state index contributed by atoms with van der Waals surface area (Å²) < 4.78 is 28.4. The topological polar surface area (TPSA) is 0 Å². The number of rotatable bonds is 5. The maximum Gasteiger partial charge on any atom is 0.322 e. The largest absolute Gasteiger partial charge is 0.322 e. The van der Waals surface area contributed by atoms with Gasteiger partial charge in [0, 0.05) is 0 Å². The lowest BCUT2D eigenvalue weighted by molar-refractivity contribution is 0.0642. The second-order valence-electron chi connectivity index (χ2n) is 5.03. The van der Waals surface area contributed by atoms with Crippen LogP contribution in [0, 0.1) is 11.5 Å². The summed E-state index contributed by atoms with van der Waals surface area (Å²) in [6, 6.07) is 11.4. The number of hydrogen-bond donors (Lipinski definition) is 1. The fourth-order valence-corrected chi connectivity index (χ4v) is 4.84. The predicted octanol–water partition coefficient (Wildman–Crippen LogP) is 5.34. The van der Waals surface area contributed by atoms with Crippen molar-refractivity contribution in [3.8, 4) is 11.5 Å². The molecular formula is C16H22F2SSi. The van der Waals surface area contributed by atoms with Crippen LogP contribution < -0.4 is 0 Å². The normalized spacial score (nSPS) is 13.5. The number of benzene rings is 1. The molecule has 0 saturated carbocycles. The highest BCUT2D eigenvalue weighted by molar-refractivity contribution is 7.80. The predicted molar refractivity (Wildman–Crippen MR) is 88.1 cm³/mol. The van der Waals surface area contributed by atoms with E-state index in [9.17, 15) is 8.78 Å². The fourth-order valence-electron chi connectivity index (χ4n) is 2.14. The van der Waals surface area contributed by atoms with Crippen LogP contribution in [0.15, 0.2) is 30.3 Å². The first-order valence-corrected chi connectivity index (χ1v) is 10.2. The lowest BCUT2D eigenvalue weighted by Crippen LogP contribution is -2.31. The van der Waals surface area contributed by atoms with Crippen molar-refractivity contribution >= 4 is 20.7 Å². The van der Waals surface area contributed by atoms with Crippen molar-refractivity contribution in [1.29, 1.82) is 0 Å². The SMILES string of the molecule is CC[Si](C#CC(F)(F)C(S)c1ccccc1)(CC)CC. The minimum atomic E-state index is -3.10. The zero-order chi connectivity index (χ0) is 15.2. The highest BCUT2D eigenvalue weighted by atomic mass is 32.1. The number of alkyl halides is 2. The molecule has 0 aliphatic carbocycles. The van der Waals surface area contributed by atoms with Crippen molar-refractivity contribution in [2.45, 2.75) is 50.1 Å². The second-order valence-corrected chi connectivity index (χ2v) is 10.5. The van der Waals surface area contributed by atoms with Gasteiger partial charge in [0.2, 0.25) is 0 Å². The Morgan fingerprint density at radius 3 is 2.05 bits per heavy atom. The van der Waals surface area contributed by atoms with Gasteiger partial charge in [0.1, 0.15) is 13.3 Å². The van der Waals surface area contributed by atoms with Crippen LogP contribution in [0.2, 0.25) is 18.1 Å². The summed E-state index contributed by atoms with van der Waals surface area (Å²) in [5.74, 6) is -0.842. The van der Waals surface area contributed by atoms with Crippen molar-refractivity contribution in [2.24, 2.45) is 0 Å². The average molecular weight is 313 g/mol. The first kappa shape index (κ1) is 17.3. The summed E-state index contributed by atoms with van der Waals surface area (Å²) in [6.07, 6.45) is 0. The first-order valence-electron chi connectivity index (χ1n) is 7.06. The van der Waals surface area contributed by atoms with Crippen LogP contribution in [0.1, 0.15) is 31.6 Å². The van der Waals surface area contributed by atoms with Gasteiger partial charge in [0.25, 0.3) is 0 Å². The fraction of sp³-hybridized carbons (Fsp3) is 0.500. The molecule has 0 aromatic heterocycles. The summed E-state index contributed by atoms with van der Waals surface area (Å²) in [5.41, 5.74) is 3.47. The zero-order valence-corrected chi connectivity index (χ0v) is 14.2. The third-order valence-electron chi connectivity index (χ3n) is 3.98. The van der Waals surface area contributed by atoms with Gasteiger partial charge in [-0.1, -0.05) is 51.1 Å². The molecule has 1 aromatic carbocycles. The molecule has 0 amide bonds. The maximum atomic E-state index is 14.2. The number of thiol groups is 1.